The third-order valence-corrected chi connectivity index (χ3v) is 2.59. The molecule has 0 saturated carbocycles. The second kappa shape index (κ2) is 6.58. The van der Waals surface area contributed by atoms with E-state index in [0.29, 0.717) is 18.7 Å². The first kappa shape index (κ1) is 14.0. The van der Waals surface area contributed by atoms with Crippen molar-refractivity contribution in [1.82, 2.24) is 0 Å². The third-order valence-electron chi connectivity index (χ3n) is 2.59. The molecule has 1 atom stereocenters. The van der Waals surface area contributed by atoms with E-state index in [-0.39, 0.29) is 18.0 Å². The lowest BCUT2D eigenvalue weighted by Crippen LogP contribution is -2.13. The summed E-state index contributed by atoms with van der Waals surface area (Å²) in [5.41, 5.74) is 0.493. The van der Waals surface area contributed by atoms with Gasteiger partial charge in [0.1, 0.15) is 5.69 Å². The maximum atomic E-state index is 10.8. The number of nitro benzene ring substituents is 1. The van der Waals surface area contributed by atoms with Crippen LogP contribution in [0.1, 0.15) is 19.8 Å². The van der Waals surface area contributed by atoms with Crippen molar-refractivity contribution in [3.05, 3.63) is 34.4 Å². The normalized spacial score (nSPS) is 11.8. The van der Waals surface area contributed by atoms with Gasteiger partial charge in [-0.3, -0.25) is 14.9 Å². The maximum Gasteiger partial charge on any atom is 0.303 e. The van der Waals surface area contributed by atoms with Gasteiger partial charge >= 0.3 is 5.97 Å². The lowest BCUT2D eigenvalue weighted by atomic mass is 10.1. The molecule has 1 aromatic rings. The molecular formula is C12H16N2O4. The molecule has 0 spiro atoms. The van der Waals surface area contributed by atoms with Gasteiger partial charge in [-0.05, 0) is 18.4 Å². The topological polar surface area (TPSA) is 92.5 Å². The summed E-state index contributed by atoms with van der Waals surface area (Å²) in [6.07, 6.45) is 0.655. The Kier molecular flexibility index (Phi) is 5.10. The molecule has 1 aromatic carbocycles. The molecule has 2 N–H and O–H groups in total. The molecule has 18 heavy (non-hydrogen) atoms. The molecule has 1 rings (SSSR count). The Bertz CT molecular complexity index is 434. The minimum Gasteiger partial charge on any atom is -0.481 e. The molecule has 0 aliphatic heterocycles. The van der Waals surface area contributed by atoms with Crippen molar-refractivity contribution in [2.24, 2.45) is 5.92 Å². The van der Waals surface area contributed by atoms with Gasteiger partial charge in [0.15, 0.2) is 0 Å². The van der Waals surface area contributed by atoms with Gasteiger partial charge in [0, 0.05) is 19.0 Å². The monoisotopic (exact) mass is 252 g/mol. The van der Waals surface area contributed by atoms with E-state index >= 15 is 0 Å². The quantitative estimate of drug-likeness (QED) is 0.574. The maximum absolute atomic E-state index is 10.8. The highest BCUT2D eigenvalue weighted by Crippen LogP contribution is 2.23. The van der Waals surface area contributed by atoms with E-state index < -0.39 is 10.9 Å². The summed E-state index contributed by atoms with van der Waals surface area (Å²) in [5, 5.41) is 22.3. The molecule has 1 unspecified atom stereocenters. The fourth-order valence-electron chi connectivity index (χ4n) is 1.54. The molecule has 0 aliphatic rings. The first-order valence-corrected chi connectivity index (χ1v) is 5.69. The fraction of sp³-hybridized carbons (Fsp3) is 0.417. The number of nitrogens with zero attached hydrogens (tertiary/aromatic N) is 1. The van der Waals surface area contributed by atoms with E-state index in [1.54, 1.807) is 18.2 Å². The second-order valence-corrected chi connectivity index (χ2v) is 4.19. The first-order chi connectivity index (χ1) is 8.50. The average molecular weight is 252 g/mol. The van der Waals surface area contributed by atoms with Gasteiger partial charge in [-0.2, -0.15) is 0 Å². The number of aliphatic carboxylic acids is 1. The van der Waals surface area contributed by atoms with Crippen molar-refractivity contribution >= 4 is 17.3 Å². The van der Waals surface area contributed by atoms with Crippen molar-refractivity contribution in [3.63, 3.8) is 0 Å². The highest BCUT2D eigenvalue weighted by molar-refractivity contribution is 5.66. The second-order valence-electron chi connectivity index (χ2n) is 4.19. The number of nitrogens with one attached hydrogen (secondary N) is 1. The van der Waals surface area contributed by atoms with Gasteiger partial charge in [-0.25, -0.2) is 0 Å². The number of carboxylic acids is 1. The van der Waals surface area contributed by atoms with Crippen LogP contribution in [-0.2, 0) is 4.79 Å². The van der Waals surface area contributed by atoms with Crippen LogP contribution in [0.25, 0.3) is 0 Å². The van der Waals surface area contributed by atoms with E-state index in [0.717, 1.165) is 0 Å². The summed E-state index contributed by atoms with van der Waals surface area (Å²) >= 11 is 0. The van der Waals surface area contributed by atoms with E-state index in [2.05, 4.69) is 5.32 Å². The zero-order valence-corrected chi connectivity index (χ0v) is 10.1. The minimum absolute atomic E-state index is 0.0305. The largest absolute Gasteiger partial charge is 0.481 e. The number of hydrogen-bond acceptors (Lipinski definition) is 4. The van der Waals surface area contributed by atoms with Crippen LogP contribution in [0.4, 0.5) is 11.4 Å². The Labute approximate surface area is 105 Å². The number of hydrogen-bond donors (Lipinski definition) is 2. The van der Waals surface area contributed by atoms with Crippen LogP contribution in [0.3, 0.4) is 0 Å². The molecule has 0 heterocycles. The lowest BCUT2D eigenvalue weighted by molar-refractivity contribution is -0.384. The standard InChI is InChI=1S/C12H16N2O4/c1-9(6-7-12(15)16)8-13-10-4-2-3-5-11(10)14(17)18/h2-5,9,13H,6-8H2,1H3,(H,15,16). The Morgan fingerprint density at radius 3 is 2.78 bits per heavy atom. The minimum atomic E-state index is -0.826. The van der Waals surface area contributed by atoms with Gasteiger partial charge in [-0.15, -0.1) is 0 Å². The summed E-state index contributed by atoms with van der Waals surface area (Å²) in [4.78, 5) is 20.7. The molecule has 0 amide bonds. The molecule has 0 saturated heterocycles. The van der Waals surface area contributed by atoms with Gasteiger partial charge in [0.2, 0.25) is 0 Å². The van der Waals surface area contributed by atoms with Crippen molar-refractivity contribution in [3.8, 4) is 0 Å². The van der Waals surface area contributed by atoms with Gasteiger partial charge in [-0.1, -0.05) is 19.1 Å². The number of nitro groups is 1. The zero-order valence-electron chi connectivity index (χ0n) is 10.1. The number of rotatable bonds is 7. The number of anilines is 1. The van der Waals surface area contributed by atoms with Crippen molar-refractivity contribution in [2.45, 2.75) is 19.8 Å². The van der Waals surface area contributed by atoms with Crippen LogP contribution in [0.2, 0.25) is 0 Å². The zero-order chi connectivity index (χ0) is 13.5. The van der Waals surface area contributed by atoms with Gasteiger partial charge < -0.3 is 10.4 Å². The summed E-state index contributed by atoms with van der Waals surface area (Å²) in [7, 11) is 0. The lowest BCUT2D eigenvalue weighted by Gasteiger charge is -2.12. The summed E-state index contributed by atoms with van der Waals surface area (Å²) in [6, 6.07) is 6.40. The SMILES string of the molecule is CC(CCC(=O)O)CNc1ccccc1[N+](=O)[O-]. The molecule has 6 nitrogen and oxygen atoms in total. The predicted molar refractivity (Wildman–Crippen MR) is 67.6 cm³/mol. The van der Waals surface area contributed by atoms with Gasteiger partial charge in [0.25, 0.3) is 5.69 Å². The van der Waals surface area contributed by atoms with Crippen LogP contribution >= 0.6 is 0 Å². The predicted octanol–water partition coefficient (Wildman–Crippen LogP) is 2.51. The van der Waals surface area contributed by atoms with Crippen LogP contribution in [0, 0.1) is 16.0 Å². The van der Waals surface area contributed by atoms with Crippen molar-refractivity contribution in [2.75, 3.05) is 11.9 Å². The number of carbonyl (C=O) groups is 1. The van der Waals surface area contributed by atoms with Crippen molar-refractivity contribution < 1.29 is 14.8 Å². The fourth-order valence-corrected chi connectivity index (χ4v) is 1.54. The van der Waals surface area contributed by atoms with E-state index in [1.807, 2.05) is 6.92 Å². The summed E-state index contributed by atoms with van der Waals surface area (Å²) in [5.74, 6) is -0.687. The van der Waals surface area contributed by atoms with Gasteiger partial charge in [0.05, 0.1) is 4.92 Å². The molecule has 0 fully saturated rings. The number of benzene rings is 1. The number of carboxylic acid groups (broad SMARTS) is 1. The van der Waals surface area contributed by atoms with E-state index in [1.165, 1.54) is 6.07 Å². The highest BCUT2D eigenvalue weighted by atomic mass is 16.6. The van der Waals surface area contributed by atoms with Crippen LogP contribution in [0.15, 0.2) is 24.3 Å². The molecule has 0 aliphatic carbocycles. The molecule has 0 radical (unpaired) electrons. The van der Waals surface area contributed by atoms with E-state index in [9.17, 15) is 14.9 Å². The Balaban J connectivity index is 2.53. The molecular weight excluding hydrogens is 236 g/mol. The highest BCUT2D eigenvalue weighted by Gasteiger charge is 2.13. The van der Waals surface area contributed by atoms with Crippen LogP contribution in [-0.4, -0.2) is 22.5 Å². The Hall–Kier alpha value is -2.11. The average Bonchev–Trinajstić information content (AvgIpc) is 2.34. The summed E-state index contributed by atoms with van der Waals surface area (Å²) in [6.45, 7) is 2.42. The first-order valence-electron chi connectivity index (χ1n) is 5.69. The van der Waals surface area contributed by atoms with Crippen molar-refractivity contribution in [1.29, 1.82) is 0 Å². The third kappa shape index (κ3) is 4.40. The molecule has 0 bridgehead atoms. The number of para-hydroxylation sites is 2. The summed E-state index contributed by atoms with van der Waals surface area (Å²) < 4.78 is 0. The smallest absolute Gasteiger partial charge is 0.303 e. The molecule has 98 valence electrons. The van der Waals surface area contributed by atoms with E-state index in [4.69, 9.17) is 5.11 Å². The van der Waals surface area contributed by atoms with Crippen LogP contribution < -0.4 is 5.32 Å². The Morgan fingerprint density at radius 1 is 1.50 bits per heavy atom. The molecule has 6 heteroatoms. The molecule has 0 aromatic heterocycles. The van der Waals surface area contributed by atoms with Crippen LogP contribution in [0.5, 0.6) is 0 Å². The Morgan fingerprint density at radius 2 is 2.17 bits per heavy atom.